The standard InChI is InChI=1S/C34H47NO4/c1-22-19-28(20-23(2)31(22)25-13-15-27(16-14-25)34(6,7)8)39-29(21-33(3,4)5)24-9-11-26(12-10-24)32(38)35-18-17-30(36)37/h9,11-16,19-20,22,24,29,31H,10,17-18,21H2,1-8H3,(H,35,38)(H,36,37). The van der Waals surface area contributed by atoms with Crippen LogP contribution in [-0.4, -0.2) is 29.6 Å². The summed E-state index contributed by atoms with van der Waals surface area (Å²) in [5, 5.41) is 11.5. The number of benzene rings is 1. The molecule has 1 aromatic rings. The number of nitrogens with one attached hydrogen (secondary N) is 1. The molecule has 0 fully saturated rings. The molecule has 39 heavy (non-hydrogen) atoms. The minimum atomic E-state index is -0.925. The number of carboxylic acid groups (broad SMARTS) is 1. The molecular formula is C34H47NO4. The highest BCUT2D eigenvalue weighted by atomic mass is 16.5. The predicted octanol–water partition coefficient (Wildman–Crippen LogP) is 7.46. The van der Waals surface area contributed by atoms with Crippen molar-refractivity contribution in [2.45, 2.75) is 92.1 Å². The number of aliphatic carboxylic acids is 1. The lowest BCUT2D eigenvalue weighted by Gasteiger charge is -2.35. The van der Waals surface area contributed by atoms with Crippen LogP contribution in [0.2, 0.25) is 0 Å². The zero-order valence-electron chi connectivity index (χ0n) is 25.0. The average molecular weight is 534 g/mol. The smallest absolute Gasteiger partial charge is 0.305 e. The van der Waals surface area contributed by atoms with Gasteiger partial charge in [0.2, 0.25) is 0 Å². The largest absolute Gasteiger partial charge is 0.490 e. The van der Waals surface area contributed by atoms with Crippen molar-refractivity contribution in [2.75, 3.05) is 6.54 Å². The Labute approximate surface area is 235 Å². The number of ether oxygens (including phenoxy) is 1. The van der Waals surface area contributed by atoms with E-state index < -0.39 is 5.97 Å². The van der Waals surface area contributed by atoms with Crippen molar-refractivity contribution in [3.63, 3.8) is 0 Å². The first-order chi connectivity index (χ1) is 18.1. The number of carboxylic acids is 1. The highest BCUT2D eigenvalue weighted by Crippen LogP contribution is 2.40. The van der Waals surface area contributed by atoms with Gasteiger partial charge in [-0.05, 0) is 59.8 Å². The lowest BCUT2D eigenvalue weighted by atomic mass is 9.77. The lowest BCUT2D eigenvalue weighted by Crippen LogP contribution is -2.31. The summed E-state index contributed by atoms with van der Waals surface area (Å²) >= 11 is 0. The van der Waals surface area contributed by atoms with Gasteiger partial charge in [0.05, 0.1) is 6.42 Å². The first kappa shape index (κ1) is 30.5. The third kappa shape index (κ3) is 8.71. The molecule has 1 amide bonds. The number of hydrogen-bond acceptors (Lipinski definition) is 3. The monoisotopic (exact) mass is 533 g/mol. The average Bonchev–Trinajstić information content (AvgIpc) is 2.82. The van der Waals surface area contributed by atoms with Crippen molar-refractivity contribution in [2.24, 2.45) is 17.3 Å². The Hall–Kier alpha value is -3.08. The van der Waals surface area contributed by atoms with E-state index in [9.17, 15) is 9.59 Å². The third-order valence-corrected chi connectivity index (χ3v) is 7.55. The van der Waals surface area contributed by atoms with Gasteiger partial charge in [0.25, 0.3) is 5.91 Å². The van der Waals surface area contributed by atoms with E-state index >= 15 is 0 Å². The van der Waals surface area contributed by atoms with E-state index in [4.69, 9.17) is 9.84 Å². The van der Waals surface area contributed by atoms with E-state index in [0.717, 1.165) is 12.2 Å². The lowest BCUT2D eigenvalue weighted by molar-refractivity contribution is -0.136. The van der Waals surface area contributed by atoms with Crippen molar-refractivity contribution in [1.29, 1.82) is 0 Å². The fourth-order valence-electron chi connectivity index (χ4n) is 5.49. The molecule has 0 saturated carbocycles. The fraction of sp³-hybridized carbons (Fsp3) is 0.529. The second-order valence-electron chi connectivity index (χ2n) is 13.4. The molecule has 1 aromatic carbocycles. The Morgan fingerprint density at radius 2 is 1.77 bits per heavy atom. The summed E-state index contributed by atoms with van der Waals surface area (Å²) in [5.74, 6) is 0.545. The molecule has 2 aliphatic rings. The Morgan fingerprint density at radius 1 is 1.10 bits per heavy atom. The topological polar surface area (TPSA) is 75.6 Å². The van der Waals surface area contributed by atoms with E-state index in [2.05, 4.69) is 103 Å². The van der Waals surface area contributed by atoms with Crippen LogP contribution >= 0.6 is 0 Å². The normalized spacial score (nSPS) is 22.4. The molecule has 3 rings (SSSR count). The fourth-order valence-corrected chi connectivity index (χ4v) is 5.49. The number of allylic oxidation sites excluding steroid dienone is 4. The summed E-state index contributed by atoms with van der Waals surface area (Å²) in [6.45, 7) is 18.0. The van der Waals surface area contributed by atoms with Gasteiger partial charge in [-0.3, -0.25) is 9.59 Å². The summed E-state index contributed by atoms with van der Waals surface area (Å²) in [6, 6.07) is 9.06. The molecule has 0 aromatic heterocycles. The van der Waals surface area contributed by atoms with Crippen molar-refractivity contribution in [1.82, 2.24) is 5.32 Å². The predicted molar refractivity (Wildman–Crippen MR) is 158 cm³/mol. The second-order valence-corrected chi connectivity index (χ2v) is 13.4. The molecule has 5 heteroatoms. The van der Waals surface area contributed by atoms with Gasteiger partial charge >= 0.3 is 5.97 Å². The maximum absolute atomic E-state index is 12.4. The Bertz CT molecular complexity index is 1160. The quantitative estimate of drug-likeness (QED) is 0.345. The first-order valence-electron chi connectivity index (χ1n) is 14.2. The van der Waals surface area contributed by atoms with Crippen LogP contribution in [0.3, 0.4) is 0 Å². The van der Waals surface area contributed by atoms with Crippen molar-refractivity contribution < 1.29 is 19.4 Å². The van der Waals surface area contributed by atoms with Crippen LogP contribution < -0.4 is 5.32 Å². The van der Waals surface area contributed by atoms with Crippen molar-refractivity contribution in [3.05, 3.63) is 82.7 Å². The van der Waals surface area contributed by atoms with Crippen LogP contribution in [0, 0.1) is 17.3 Å². The van der Waals surface area contributed by atoms with Gasteiger partial charge in [0.15, 0.2) is 0 Å². The SMILES string of the molecule is CC1=CC(OC(CC(C)(C)C)C2C=CC(C(=O)NCCC(=O)O)=CC2)=CC(C)C1c1ccc(C(C)(C)C)cc1. The highest BCUT2D eigenvalue weighted by molar-refractivity contribution is 5.96. The third-order valence-electron chi connectivity index (χ3n) is 7.55. The summed E-state index contributed by atoms with van der Waals surface area (Å²) in [6.07, 6.45) is 11.8. The molecule has 0 radical (unpaired) electrons. The first-order valence-corrected chi connectivity index (χ1v) is 14.2. The summed E-state index contributed by atoms with van der Waals surface area (Å²) in [4.78, 5) is 23.1. The molecule has 212 valence electrons. The number of carbonyl (C=O) groups is 2. The van der Waals surface area contributed by atoms with Crippen LogP contribution in [0.25, 0.3) is 0 Å². The molecule has 0 aliphatic heterocycles. The van der Waals surface area contributed by atoms with Gasteiger partial charge in [-0.1, -0.05) is 96.5 Å². The number of rotatable bonds is 9. The Kier molecular flexibility index (Phi) is 9.69. The molecule has 4 unspecified atom stereocenters. The molecule has 2 aliphatic carbocycles. The molecule has 0 saturated heterocycles. The second kappa shape index (κ2) is 12.4. The minimum Gasteiger partial charge on any atom is -0.490 e. The van der Waals surface area contributed by atoms with E-state index in [-0.39, 0.29) is 41.7 Å². The van der Waals surface area contributed by atoms with Crippen LogP contribution in [0.4, 0.5) is 0 Å². The van der Waals surface area contributed by atoms with Crippen LogP contribution in [-0.2, 0) is 19.7 Å². The van der Waals surface area contributed by atoms with Gasteiger partial charge < -0.3 is 15.2 Å². The number of carbonyl (C=O) groups excluding carboxylic acids is 1. The molecule has 0 spiro atoms. The van der Waals surface area contributed by atoms with Crippen LogP contribution in [0.5, 0.6) is 0 Å². The molecule has 4 atom stereocenters. The van der Waals surface area contributed by atoms with Crippen molar-refractivity contribution in [3.8, 4) is 0 Å². The summed E-state index contributed by atoms with van der Waals surface area (Å²) in [7, 11) is 0. The molecule has 5 nitrogen and oxygen atoms in total. The maximum atomic E-state index is 12.4. The highest BCUT2D eigenvalue weighted by Gasteiger charge is 2.31. The molecular weight excluding hydrogens is 486 g/mol. The van der Waals surface area contributed by atoms with Gasteiger partial charge in [-0.25, -0.2) is 0 Å². The molecule has 2 N–H and O–H groups in total. The molecule has 0 heterocycles. The molecule has 0 bridgehead atoms. The van der Waals surface area contributed by atoms with E-state index in [0.29, 0.717) is 23.8 Å². The van der Waals surface area contributed by atoms with Gasteiger partial charge in [-0.2, -0.15) is 0 Å². The van der Waals surface area contributed by atoms with Crippen LogP contribution in [0.15, 0.2) is 71.6 Å². The van der Waals surface area contributed by atoms with Crippen LogP contribution in [0.1, 0.15) is 91.7 Å². The Morgan fingerprint density at radius 3 is 2.28 bits per heavy atom. The minimum absolute atomic E-state index is 0.0285. The van der Waals surface area contributed by atoms with Gasteiger partial charge in [0, 0.05) is 24.0 Å². The van der Waals surface area contributed by atoms with E-state index in [1.807, 2.05) is 12.2 Å². The summed E-state index contributed by atoms with van der Waals surface area (Å²) < 4.78 is 6.72. The Balaban J connectivity index is 1.71. The van der Waals surface area contributed by atoms with Crippen molar-refractivity contribution >= 4 is 11.9 Å². The van der Waals surface area contributed by atoms with Gasteiger partial charge in [-0.15, -0.1) is 0 Å². The summed E-state index contributed by atoms with van der Waals surface area (Å²) in [5.41, 5.74) is 4.77. The maximum Gasteiger partial charge on any atom is 0.305 e. The zero-order chi connectivity index (χ0) is 29.0. The zero-order valence-corrected chi connectivity index (χ0v) is 25.0. The number of amides is 1. The van der Waals surface area contributed by atoms with Gasteiger partial charge in [0.1, 0.15) is 11.9 Å². The van der Waals surface area contributed by atoms with E-state index in [1.165, 1.54) is 16.7 Å². The number of hydrogen-bond donors (Lipinski definition) is 2. The van der Waals surface area contributed by atoms with E-state index in [1.54, 1.807) is 0 Å².